The molecule has 3 rings (SSSR count). The van der Waals surface area contributed by atoms with Gasteiger partial charge in [0.2, 0.25) is 0 Å². The van der Waals surface area contributed by atoms with Crippen LogP contribution in [0.25, 0.3) is 22.2 Å². The van der Waals surface area contributed by atoms with Crippen LogP contribution in [0.5, 0.6) is 5.75 Å². The zero-order valence-corrected chi connectivity index (χ0v) is 9.23. The standard InChI is InChI=1S/C12H11N3O2/c1-16-7-2-3-8-9(6-14-10(8)4-7)11-5-12(13)15-17-11/h2-6,14H,1H3,(H2,13,15). The Morgan fingerprint density at radius 3 is 2.94 bits per heavy atom. The van der Waals surface area contributed by atoms with Crippen LogP contribution in [0.3, 0.4) is 0 Å². The molecule has 3 aromatic rings. The zero-order chi connectivity index (χ0) is 11.8. The smallest absolute Gasteiger partial charge is 0.171 e. The summed E-state index contributed by atoms with van der Waals surface area (Å²) < 4.78 is 10.3. The van der Waals surface area contributed by atoms with Crippen molar-refractivity contribution in [2.24, 2.45) is 0 Å². The van der Waals surface area contributed by atoms with Crippen molar-refractivity contribution in [2.45, 2.75) is 0 Å². The molecule has 0 spiro atoms. The van der Waals surface area contributed by atoms with Gasteiger partial charge in [0.25, 0.3) is 0 Å². The maximum atomic E-state index is 5.54. The number of fused-ring (bicyclic) bond motifs is 1. The zero-order valence-electron chi connectivity index (χ0n) is 9.23. The molecule has 2 aromatic heterocycles. The van der Waals surface area contributed by atoms with E-state index in [2.05, 4.69) is 10.1 Å². The van der Waals surface area contributed by atoms with E-state index in [0.29, 0.717) is 11.6 Å². The predicted octanol–water partition coefficient (Wildman–Crippen LogP) is 2.41. The van der Waals surface area contributed by atoms with E-state index in [1.54, 1.807) is 13.2 Å². The first-order valence-electron chi connectivity index (χ1n) is 5.15. The summed E-state index contributed by atoms with van der Waals surface area (Å²) in [5.74, 6) is 1.84. The molecule has 0 aliphatic carbocycles. The summed E-state index contributed by atoms with van der Waals surface area (Å²) in [5.41, 5.74) is 7.46. The van der Waals surface area contributed by atoms with Crippen molar-refractivity contribution in [1.29, 1.82) is 0 Å². The highest BCUT2D eigenvalue weighted by molar-refractivity contribution is 5.95. The molecule has 1 aromatic carbocycles. The minimum absolute atomic E-state index is 0.378. The number of anilines is 1. The Labute approximate surface area is 97.2 Å². The van der Waals surface area contributed by atoms with Crippen molar-refractivity contribution in [3.05, 3.63) is 30.5 Å². The molecular formula is C12H11N3O2. The molecule has 86 valence electrons. The van der Waals surface area contributed by atoms with Gasteiger partial charge in [0.15, 0.2) is 11.6 Å². The van der Waals surface area contributed by atoms with Crippen LogP contribution in [0.2, 0.25) is 0 Å². The third-order valence-corrected chi connectivity index (χ3v) is 2.68. The van der Waals surface area contributed by atoms with Crippen LogP contribution in [0.4, 0.5) is 5.82 Å². The maximum Gasteiger partial charge on any atom is 0.171 e. The maximum absolute atomic E-state index is 5.54. The number of benzene rings is 1. The summed E-state index contributed by atoms with van der Waals surface area (Å²) in [7, 11) is 1.64. The summed E-state index contributed by atoms with van der Waals surface area (Å²) in [6.07, 6.45) is 1.87. The van der Waals surface area contributed by atoms with Gasteiger partial charge in [0.05, 0.1) is 7.11 Å². The normalized spacial score (nSPS) is 10.9. The van der Waals surface area contributed by atoms with Crippen molar-refractivity contribution < 1.29 is 9.26 Å². The largest absolute Gasteiger partial charge is 0.497 e. The molecule has 2 heterocycles. The van der Waals surface area contributed by atoms with Gasteiger partial charge in [-0.1, -0.05) is 5.16 Å². The van der Waals surface area contributed by atoms with E-state index < -0.39 is 0 Å². The van der Waals surface area contributed by atoms with Crippen LogP contribution in [-0.2, 0) is 0 Å². The summed E-state index contributed by atoms with van der Waals surface area (Å²) in [4.78, 5) is 3.16. The van der Waals surface area contributed by atoms with E-state index in [-0.39, 0.29) is 0 Å². The Morgan fingerprint density at radius 1 is 1.35 bits per heavy atom. The third kappa shape index (κ3) is 1.52. The lowest BCUT2D eigenvalue weighted by Gasteiger charge is -1.99. The van der Waals surface area contributed by atoms with Gasteiger partial charge >= 0.3 is 0 Å². The number of H-pyrrole nitrogens is 1. The molecule has 0 radical (unpaired) electrons. The van der Waals surface area contributed by atoms with E-state index in [1.165, 1.54) is 0 Å². The topological polar surface area (TPSA) is 77.1 Å². The monoisotopic (exact) mass is 229 g/mol. The van der Waals surface area contributed by atoms with Gasteiger partial charge in [-0.05, 0) is 12.1 Å². The molecule has 0 amide bonds. The van der Waals surface area contributed by atoms with Gasteiger partial charge in [0, 0.05) is 34.8 Å². The first-order valence-corrected chi connectivity index (χ1v) is 5.15. The van der Waals surface area contributed by atoms with E-state index >= 15 is 0 Å². The number of hydrogen-bond acceptors (Lipinski definition) is 4. The number of nitrogens with one attached hydrogen (secondary N) is 1. The molecule has 0 atom stereocenters. The number of nitrogens with zero attached hydrogens (tertiary/aromatic N) is 1. The van der Waals surface area contributed by atoms with Crippen LogP contribution in [-0.4, -0.2) is 17.3 Å². The molecule has 0 fully saturated rings. The van der Waals surface area contributed by atoms with Gasteiger partial charge < -0.3 is 20.0 Å². The average molecular weight is 229 g/mol. The predicted molar refractivity (Wildman–Crippen MR) is 64.8 cm³/mol. The fourth-order valence-electron chi connectivity index (χ4n) is 1.85. The fourth-order valence-corrected chi connectivity index (χ4v) is 1.85. The number of nitrogen functional groups attached to an aromatic ring is 1. The number of aromatic amines is 1. The molecule has 0 unspecified atom stereocenters. The first-order chi connectivity index (χ1) is 8.28. The molecule has 3 N–H and O–H groups in total. The second kappa shape index (κ2) is 3.55. The van der Waals surface area contributed by atoms with E-state index in [0.717, 1.165) is 22.2 Å². The quantitative estimate of drug-likeness (QED) is 0.707. The van der Waals surface area contributed by atoms with Gasteiger partial charge in [-0.2, -0.15) is 0 Å². The SMILES string of the molecule is COc1ccc2c(-c3cc(N)no3)c[nH]c2c1. The molecule has 5 heteroatoms. The first kappa shape index (κ1) is 9.77. The van der Waals surface area contributed by atoms with Crippen molar-refractivity contribution in [1.82, 2.24) is 10.1 Å². The fraction of sp³-hybridized carbons (Fsp3) is 0.0833. The van der Waals surface area contributed by atoms with Gasteiger partial charge in [-0.25, -0.2) is 0 Å². The Bertz CT molecular complexity index is 669. The molecule has 17 heavy (non-hydrogen) atoms. The molecular weight excluding hydrogens is 218 g/mol. The highest BCUT2D eigenvalue weighted by atomic mass is 16.5. The number of ether oxygens (including phenoxy) is 1. The van der Waals surface area contributed by atoms with Crippen LogP contribution in [0.15, 0.2) is 35.0 Å². The highest BCUT2D eigenvalue weighted by Gasteiger charge is 2.11. The summed E-state index contributed by atoms with van der Waals surface area (Å²) in [5, 5.41) is 4.72. The Hall–Kier alpha value is -2.43. The Kier molecular flexibility index (Phi) is 2.04. The van der Waals surface area contributed by atoms with E-state index in [1.807, 2.05) is 24.4 Å². The second-order valence-electron chi connectivity index (χ2n) is 3.73. The van der Waals surface area contributed by atoms with Crippen LogP contribution >= 0.6 is 0 Å². The molecule has 0 saturated carbocycles. The summed E-state index contributed by atoms with van der Waals surface area (Å²) >= 11 is 0. The highest BCUT2D eigenvalue weighted by Crippen LogP contribution is 2.31. The molecule has 0 aliphatic rings. The van der Waals surface area contributed by atoms with Crippen molar-refractivity contribution in [3.8, 4) is 17.1 Å². The number of nitrogens with two attached hydrogens (primary N) is 1. The Balaban J connectivity index is 2.18. The number of hydrogen-bond donors (Lipinski definition) is 2. The number of rotatable bonds is 2. The van der Waals surface area contributed by atoms with Gasteiger partial charge in [0.1, 0.15) is 5.75 Å². The van der Waals surface area contributed by atoms with Crippen molar-refractivity contribution in [3.63, 3.8) is 0 Å². The van der Waals surface area contributed by atoms with Crippen LogP contribution in [0, 0.1) is 0 Å². The molecule has 5 nitrogen and oxygen atoms in total. The summed E-state index contributed by atoms with van der Waals surface area (Å²) in [6.45, 7) is 0. The molecule has 0 saturated heterocycles. The van der Waals surface area contributed by atoms with Crippen LogP contribution < -0.4 is 10.5 Å². The number of aromatic nitrogens is 2. The van der Waals surface area contributed by atoms with E-state index in [4.69, 9.17) is 15.0 Å². The second-order valence-corrected chi connectivity index (χ2v) is 3.73. The van der Waals surface area contributed by atoms with E-state index in [9.17, 15) is 0 Å². The minimum atomic E-state index is 0.378. The van der Waals surface area contributed by atoms with Gasteiger partial charge in [-0.3, -0.25) is 0 Å². The van der Waals surface area contributed by atoms with Crippen molar-refractivity contribution in [2.75, 3.05) is 12.8 Å². The van der Waals surface area contributed by atoms with Gasteiger partial charge in [-0.15, -0.1) is 0 Å². The molecule has 0 aliphatic heterocycles. The lowest BCUT2D eigenvalue weighted by Crippen LogP contribution is -1.81. The summed E-state index contributed by atoms with van der Waals surface area (Å²) in [6, 6.07) is 7.50. The third-order valence-electron chi connectivity index (χ3n) is 2.68. The molecule has 0 bridgehead atoms. The van der Waals surface area contributed by atoms with Crippen molar-refractivity contribution >= 4 is 16.7 Å². The van der Waals surface area contributed by atoms with Crippen LogP contribution in [0.1, 0.15) is 0 Å². The lowest BCUT2D eigenvalue weighted by atomic mass is 10.1. The minimum Gasteiger partial charge on any atom is -0.497 e. The lowest BCUT2D eigenvalue weighted by molar-refractivity contribution is 0.415. The Morgan fingerprint density at radius 2 is 2.24 bits per heavy atom. The number of methoxy groups -OCH3 is 1. The average Bonchev–Trinajstić information content (AvgIpc) is 2.93.